The van der Waals surface area contributed by atoms with Gasteiger partial charge in [-0.3, -0.25) is 33.8 Å². The van der Waals surface area contributed by atoms with Crippen molar-refractivity contribution < 1.29 is 54.0 Å². The molecule has 50 heavy (non-hydrogen) atoms. The number of aliphatic carboxylic acids is 4. The van der Waals surface area contributed by atoms with Gasteiger partial charge >= 0.3 is 23.9 Å². The number of carboxylic acids is 4. The Morgan fingerprint density at radius 3 is 1.94 bits per heavy atom. The standard InChI is InChI=1S/C29H33N9O12/c30-29-37-23-22(26(46)38-29)33-15(12-32-23)11-31-14-3-1-13(2-4-14)24(44)35-17(27(47)48)5-8-19(39)34-16(6-9-20(40)41)25(45)36-18(28(49)50)7-10-21(42)43/h1-4,12,16-18,31H,5-11H2,(H,34,39)(H,35,44)(H,36,45)(H,40,41)(H,42,43)(H,47,48)(H,49,50)(H3,30,32,37,38,46). The molecule has 1 aromatic carbocycles. The lowest BCUT2D eigenvalue weighted by atomic mass is 10.1. The van der Waals surface area contributed by atoms with Crippen molar-refractivity contribution in [2.45, 2.75) is 63.2 Å². The molecule has 21 nitrogen and oxygen atoms in total. The Kier molecular flexibility index (Phi) is 13.2. The van der Waals surface area contributed by atoms with Crippen molar-refractivity contribution >= 4 is 64.4 Å². The molecule has 0 aliphatic heterocycles. The number of hydrogen-bond donors (Lipinski definition) is 10. The van der Waals surface area contributed by atoms with Gasteiger partial charge in [-0.25, -0.2) is 19.6 Å². The van der Waals surface area contributed by atoms with Crippen LogP contribution in [0.1, 0.15) is 54.6 Å². The first-order valence-corrected chi connectivity index (χ1v) is 14.8. The summed E-state index contributed by atoms with van der Waals surface area (Å²) in [6.07, 6.45) is -1.69. The molecule has 3 rings (SSSR count). The minimum absolute atomic E-state index is 0.00155. The molecule has 0 bridgehead atoms. The highest BCUT2D eigenvalue weighted by Crippen LogP contribution is 2.13. The number of nitrogens with one attached hydrogen (secondary N) is 5. The second-order valence-corrected chi connectivity index (χ2v) is 10.7. The van der Waals surface area contributed by atoms with Crippen LogP contribution in [0.4, 0.5) is 11.6 Å². The Morgan fingerprint density at radius 2 is 1.34 bits per heavy atom. The predicted molar refractivity (Wildman–Crippen MR) is 169 cm³/mol. The van der Waals surface area contributed by atoms with Crippen LogP contribution in [-0.2, 0) is 35.3 Å². The molecule has 3 aromatic rings. The molecule has 0 aliphatic rings. The Hall–Kier alpha value is -6.67. The number of aromatic nitrogens is 4. The molecule has 0 spiro atoms. The van der Waals surface area contributed by atoms with E-state index < -0.39 is 104 Å². The summed E-state index contributed by atoms with van der Waals surface area (Å²) in [5, 5.41) is 46.4. The van der Waals surface area contributed by atoms with E-state index in [0.29, 0.717) is 11.4 Å². The third-order valence-electron chi connectivity index (χ3n) is 6.93. The number of aromatic amines is 1. The van der Waals surface area contributed by atoms with E-state index in [1.165, 1.54) is 30.5 Å². The molecule has 0 saturated heterocycles. The van der Waals surface area contributed by atoms with E-state index in [-0.39, 0.29) is 29.2 Å². The van der Waals surface area contributed by atoms with Crippen LogP contribution in [0.2, 0.25) is 0 Å². The van der Waals surface area contributed by atoms with Crippen molar-refractivity contribution in [3.8, 4) is 0 Å². The number of amides is 3. The third-order valence-corrected chi connectivity index (χ3v) is 6.93. The molecule has 0 fully saturated rings. The number of carbonyl (C=O) groups is 7. The Bertz CT molecular complexity index is 1830. The highest BCUT2D eigenvalue weighted by atomic mass is 16.4. The Balaban J connectivity index is 1.56. The van der Waals surface area contributed by atoms with Crippen LogP contribution in [0, 0.1) is 0 Å². The second-order valence-electron chi connectivity index (χ2n) is 10.7. The molecule has 21 heteroatoms. The molecule has 0 saturated carbocycles. The zero-order valence-electron chi connectivity index (χ0n) is 26.0. The van der Waals surface area contributed by atoms with E-state index >= 15 is 0 Å². The van der Waals surface area contributed by atoms with E-state index in [9.17, 15) is 48.6 Å². The maximum Gasteiger partial charge on any atom is 0.326 e. The number of nitrogens with two attached hydrogens (primary N) is 1. The van der Waals surface area contributed by atoms with Crippen molar-refractivity contribution in [3.63, 3.8) is 0 Å². The molecule has 2 aromatic heterocycles. The summed E-state index contributed by atoms with van der Waals surface area (Å²) in [5.41, 5.74) is 6.04. The fraction of sp³-hybridized carbons (Fsp3) is 0.345. The quantitative estimate of drug-likeness (QED) is 0.0691. The molecule has 3 atom stereocenters. The number of anilines is 2. The zero-order chi connectivity index (χ0) is 37.0. The van der Waals surface area contributed by atoms with Crippen molar-refractivity contribution in [2.75, 3.05) is 11.1 Å². The Labute approximate surface area is 280 Å². The number of nitrogen functional groups attached to an aromatic ring is 1. The van der Waals surface area contributed by atoms with Gasteiger partial charge in [0.05, 0.1) is 18.4 Å². The summed E-state index contributed by atoms with van der Waals surface area (Å²) < 4.78 is 0. The highest BCUT2D eigenvalue weighted by Gasteiger charge is 2.28. The lowest BCUT2D eigenvalue weighted by molar-refractivity contribution is -0.144. The average Bonchev–Trinajstić information content (AvgIpc) is 3.05. The molecule has 2 heterocycles. The van der Waals surface area contributed by atoms with E-state index in [2.05, 4.69) is 41.2 Å². The first-order valence-electron chi connectivity index (χ1n) is 14.8. The second kappa shape index (κ2) is 17.5. The van der Waals surface area contributed by atoms with E-state index in [0.717, 1.165) is 0 Å². The number of nitrogens with zero attached hydrogens (tertiary/aromatic N) is 3. The topological polar surface area (TPSA) is 346 Å². The minimum Gasteiger partial charge on any atom is -0.481 e. The lowest BCUT2D eigenvalue weighted by Crippen LogP contribution is -2.52. The maximum absolute atomic E-state index is 12.8. The van der Waals surface area contributed by atoms with Crippen LogP contribution in [0.15, 0.2) is 35.3 Å². The molecular weight excluding hydrogens is 666 g/mol. The molecule has 3 unspecified atom stereocenters. The summed E-state index contributed by atoms with van der Waals surface area (Å²) in [6, 6.07) is 1.13. The summed E-state index contributed by atoms with van der Waals surface area (Å²) >= 11 is 0. The van der Waals surface area contributed by atoms with Crippen molar-refractivity contribution in [2.24, 2.45) is 0 Å². The van der Waals surface area contributed by atoms with E-state index in [1.54, 1.807) is 0 Å². The lowest BCUT2D eigenvalue weighted by Gasteiger charge is -2.21. The van der Waals surface area contributed by atoms with Gasteiger partial charge in [-0.2, -0.15) is 4.98 Å². The normalized spacial score (nSPS) is 12.6. The van der Waals surface area contributed by atoms with E-state index in [1.807, 2.05) is 0 Å². The van der Waals surface area contributed by atoms with Crippen LogP contribution in [0.25, 0.3) is 11.2 Å². The summed E-state index contributed by atoms with van der Waals surface area (Å²) in [6.45, 7) is 0.144. The smallest absolute Gasteiger partial charge is 0.326 e. The average molecular weight is 700 g/mol. The van der Waals surface area contributed by atoms with Gasteiger partial charge < -0.3 is 47.4 Å². The van der Waals surface area contributed by atoms with Gasteiger partial charge in [0, 0.05) is 30.5 Å². The molecule has 0 aliphatic carbocycles. The van der Waals surface area contributed by atoms with E-state index in [4.69, 9.17) is 15.9 Å². The van der Waals surface area contributed by atoms with Crippen molar-refractivity contribution in [1.82, 2.24) is 35.9 Å². The number of carboxylic acid groups (broad SMARTS) is 4. The van der Waals surface area contributed by atoms with Gasteiger partial charge in [-0.05, 0) is 43.5 Å². The fourth-order valence-electron chi connectivity index (χ4n) is 4.36. The summed E-state index contributed by atoms with van der Waals surface area (Å²) in [4.78, 5) is 110. The van der Waals surface area contributed by atoms with Crippen molar-refractivity contribution in [3.05, 3.63) is 52.1 Å². The van der Waals surface area contributed by atoms with Gasteiger partial charge in [0.2, 0.25) is 17.8 Å². The van der Waals surface area contributed by atoms with Crippen LogP contribution >= 0.6 is 0 Å². The number of H-pyrrole nitrogens is 1. The number of fused-ring (bicyclic) bond motifs is 1. The molecule has 266 valence electrons. The predicted octanol–water partition coefficient (Wildman–Crippen LogP) is -1.35. The van der Waals surface area contributed by atoms with Gasteiger partial charge in [0.15, 0.2) is 11.2 Å². The summed E-state index contributed by atoms with van der Waals surface area (Å²) in [7, 11) is 0. The SMILES string of the molecule is Nc1nc2ncc(CNc3ccc(C(=O)NC(CCC(=O)NC(CCC(=O)O)C(=O)NC(CCC(=O)O)C(=O)O)C(=O)O)cc3)nc2c(=O)[nH]1. The third kappa shape index (κ3) is 11.5. The van der Waals surface area contributed by atoms with Crippen LogP contribution in [0.5, 0.6) is 0 Å². The summed E-state index contributed by atoms with van der Waals surface area (Å²) in [5.74, 6) is -8.52. The molecular formula is C29H33N9O12. The van der Waals surface area contributed by atoms with Gasteiger partial charge in [-0.1, -0.05) is 0 Å². The van der Waals surface area contributed by atoms with Crippen LogP contribution in [-0.4, -0.2) is 100 Å². The van der Waals surface area contributed by atoms with Gasteiger partial charge in [0.1, 0.15) is 18.1 Å². The maximum atomic E-state index is 12.8. The minimum atomic E-state index is -1.64. The number of hydrogen-bond acceptors (Lipinski definition) is 13. The molecule has 11 N–H and O–H groups in total. The monoisotopic (exact) mass is 699 g/mol. The first-order chi connectivity index (χ1) is 23.6. The van der Waals surface area contributed by atoms with Crippen LogP contribution in [0.3, 0.4) is 0 Å². The fourth-order valence-corrected chi connectivity index (χ4v) is 4.36. The number of carbonyl (C=O) groups excluding carboxylic acids is 3. The highest BCUT2D eigenvalue weighted by molar-refractivity contribution is 5.97. The number of benzene rings is 1. The van der Waals surface area contributed by atoms with Gasteiger partial charge in [-0.15, -0.1) is 0 Å². The van der Waals surface area contributed by atoms with Crippen molar-refractivity contribution in [1.29, 1.82) is 0 Å². The molecule has 0 radical (unpaired) electrons. The van der Waals surface area contributed by atoms with Gasteiger partial charge in [0.25, 0.3) is 11.5 Å². The number of rotatable bonds is 19. The Morgan fingerprint density at radius 1 is 0.760 bits per heavy atom. The largest absolute Gasteiger partial charge is 0.481 e. The molecule has 3 amide bonds. The first kappa shape index (κ1) is 37.8. The zero-order valence-corrected chi connectivity index (χ0v) is 26.0. The van der Waals surface area contributed by atoms with Crippen LogP contribution < -0.4 is 32.6 Å².